The van der Waals surface area contributed by atoms with Gasteiger partial charge in [-0.25, -0.2) is 9.78 Å². The number of esters is 1. The monoisotopic (exact) mass is 537 g/mol. The first-order valence-electron chi connectivity index (χ1n) is 11.9. The molecule has 1 aliphatic carbocycles. The van der Waals surface area contributed by atoms with Crippen molar-refractivity contribution in [2.45, 2.75) is 38.4 Å². The lowest BCUT2D eigenvalue weighted by Crippen LogP contribution is -2.37. The smallest absolute Gasteiger partial charge is 0.337 e. The van der Waals surface area contributed by atoms with Crippen molar-refractivity contribution in [1.82, 2.24) is 14.9 Å². The normalized spacial score (nSPS) is 12.9. The molecule has 4 rings (SSSR count). The number of aromatic nitrogens is 2. The van der Waals surface area contributed by atoms with Crippen LogP contribution in [0.1, 0.15) is 40.7 Å². The maximum absolute atomic E-state index is 13.5. The number of hydrogen-bond acceptors (Lipinski definition) is 8. The summed E-state index contributed by atoms with van der Waals surface area (Å²) in [5, 5.41) is 13.4. The molecule has 38 heavy (non-hydrogen) atoms. The summed E-state index contributed by atoms with van der Waals surface area (Å²) in [4.78, 5) is 42.9. The van der Waals surface area contributed by atoms with Gasteiger partial charge in [-0.2, -0.15) is 0 Å². The van der Waals surface area contributed by atoms with Crippen LogP contribution >= 0.6 is 11.6 Å². The highest BCUT2D eigenvalue weighted by Crippen LogP contribution is 2.30. The first-order valence-corrected chi connectivity index (χ1v) is 12.3. The topological polar surface area (TPSA) is 178 Å². The van der Waals surface area contributed by atoms with Crippen molar-refractivity contribution >= 4 is 40.8 Å². The zero-order chi connectivity index (χ0) is 27.4. The number of rotatable bonds is 9. The maximum Gasteiger partial charge on any atom is 0.337 e. The molecular formula is C26H28ClN7O4. The number of amidine groups is 1. The Balaban J connectivity index is 1.67. The number of benzene rings is 2. The van der Waals surface area contributed by atoms with Gasteiger partial charge in [0, 0.05) is 29.4 Å². The van der Waals surface area contributed by atoms with Crippen molar-refractivity contribution in [3.8, 4) is 11.3 Å². The second-order valence-corrected chi connectivity index (χ2v) is 9.34. The Morgan fingerprint density at radius 2 is 1.89 bits per heavy atom. The van der Waals surface area contributed by atoms with Gasteiger partial charge in [0.05, 0.1) is 18.4 Å². The number of nitrogen functional groups attached to an aromatic ring is 2. The van der Waals surface area contributed by atoms with Gasteiger partial charge < -0.3 is 26.8 Å². The largest absolute Gasteiger partial charge is 0.465 e. The van der Waals surface area contributed by atoms with E-state index >= 15 is 0 Å². The highest BCUT2D eigenvalue weighted by Gasteiger charge is 2.24. The van der Waals surface area contributed by atoms with E-state index in [2.05, 4.69) is 15.6 Å². The molecule has 3 aromatic rings. The molecule has 1 heterocycles. The van der Waals surface area contributed by atoms with Gasteiger partial charge in [0.25, 0.3) is 5.56 Å². The lowest BCUT2D eigenvalue weighted by atomic mass is 9.93. The Morgan fingerprint density at radius 3 is 2.50 bits per heavy atom. The second-order valence-electron chi connectivity index (χ2n) is 8.99. The van der Waals surface area contributed by atoms with E-state index in [0.29, 0.717) is 11.1 Å². The molecule has 11 nitrogen and oxygen atoms in total. The minimum absolute atomic E-state index is 0.0274. The summed E-state index contributed by atoms with van der Waals surface area (Å²) in [6, 6.07) is 11.4. The van der Waals surface area contributed by atoms with Crippen LogP contribution in [-0.2, 0) is 22.6 Å². The van der Waals surface area contributed by atoms with Crippen molar-refractivity contribution in [3.05, 3.63) is 74.7 Å². The summed E-state index contributed by atoms with van der Waals surface area (Å²) >= 11 is 6.57. The van der Waals surface area contributed by atoms with Crippen LogP contribution in [0.25, 0.3) is 11.3 Å². The molecule has 0 aliphatic heterocycles. The fourth-order valence-electron chi connectivity index (χ4n) is 4.03. The Labute approximate surface area is 223 Å². The number of anilines is 2. The number of ether oxygens (including phenoxy) is 1. The Bertz CT molecular complexity index is 1450. The van der Waals surface area contributed by atoms with Crippen molar-refractivity contribution in [2.75, 3.05) is 18.2 Å². The minimum Gasteiger partial charge on any atom is -0.465 e. The fourth-order valence-corrected chi connectivity index (χ4v) is 4.33. The standard InChI is InChI=1S/C26H28ClN7O4/c1-38-26(37)17-9-16(10-18(28)11-17)21-22(27)33-24(32-19-3-2-4-19)25(36)34(21)13-20(35)31-12-14-5-7-15(8-6-14)23(29)30/h5-11,19H,2-4,12-13,28H2,1H3,(H3,29,30)(H,31,35)(H,32,33). The van der Waals surface area contributed by atoms with Crippen LogP contribution < -0.4 is 27.7 Å². The Hall–Kier alpha value is -4.38. The van der Waals surface area contributed by atoms with E-state index in [0.717, 1.165) is 24.8 Å². The molecule has 0 unspecified atom stereocenters. The number of nitrogens with two attached hydrogens (primary N) is 2. The molecule has 0 bridgehead atoms. The molecule has 7 N–H and O–H groups in total. The van der Waals surface area contributed by atoms with E-state index < -0.39 is 17.4 Å². The number of halogens is 1. The maximum atomic E-state index is 13.5. The molecule has 1 fully saturated rings. The van der Waals surface area contributed by atoms with Crippen LogP contribution in [0.3, 0.4) is 0 Å². The van der Waals surface area contributed by atoms with E-state index in [1.165, 1.54) is 23.8 Å². The fraction of sp³-hybridized carbons (Fsp3) is 0.269. The van der Waals surface area contributed by atoms with Crippen LogP contribution in [0.5, 0.6) is 0 Å². The van der Waals surface area contributed by atoms with Crippen molar-refractivity contribution in [2.24, 2.45) is 5.73 Å². The summed E-state index contributed by atoms with van der Waals surface area (Å²) in [5.41, 5.74) is 13.2. The van der Waals surface area contributed by atoms with E-state index in [1.807, 2.05) is 0 Å². The summed E-state index contributed by atoms with van der Waals surface area (Å²) < 4.78 is 6.03. The lowest BCUT2D eigenvalue weighted by Gasteiger charge is -2.27. The average Bonchev–Trinajstić information content (AvgIpc) is 2.86. The minimum atomic E-state index is -0.617. The third-order valence-corrected chi connectivity index (χ3v) is 6.54. The predicted molar refractivity (Wildman–Crippen MR) is 145 cm³/mol. The molecule has 0 atom stereocenters. The molecule has 198 valence electrons. The number of nitrogens with one attached hydrogen (secondary N) is 3. The molecule has 1 aliphatic rings. The Morgan fingerprint density at radius 1 is 1.18 bits per heavy atom. The van der Waals surface area contributed by atoms with E-state index in [-0.39, 0.29) is 52.9 Å². The third-order valence-electron chi connectivity index (χ3n) is 6.28. The number of hydrogen-bond donors (Lipinski definition) is 5. The van der Waals surface area contributed by atoms with Gasteiger partial charge >= 0.3 is 5.97 Å². The van der Waals surface area contributed by atoms with Gasteiger partial charge in [0.2, 0.25) is 5.91 Å². The predicted octanol–water partition coefficient (Wildman–Crippen LogP) is 2.50. The van der Waals surface area contributed by atoms with Crippen LogP contribution in [0.4, 0.5) is 11.5 Å². The summed E-state index contributed by atoms with van der Waals surface area (Å²) in [6.45, 7) is -0.165. The number of nitrogens with zero attached hydrogens (tertiary/aromatic N) is 2. The number of methoxy groups -OCH3 is 1. The summed E-state index contributed by atoms with van der Waals surface area (Å²) in [6.07, 6.45) is 2.86. The van der Waals surface area contributed by atoms with Crippen LogP contribution in [0, 0.1) is 5.41 Å². The van der Waals surface area contributed by atoms with Crippen LogP contribution in [-0.4, -0.2) is 40.4 Å². The molecule has 0 radical (unpaired) electrons. The van der Waals surface area contributed by atoms with Gasteiger partial charge in [-0.1, -0.05) is 35.9 Å². The molecule has 1 amide bonds. The quantitative estimate of drug-likeness (QED) is 0.119. The molecule has 1 aromatic heterocycles. The van der Waals surface area contributed by atoms with Gasteiger partial charge in [0.1, 0.15) is 12.4 Å². The molecule has 0 saturated heterocycles. The zero-order valence-corrected chi connectivity index (χ0v) is 21.5. The van der Waals surface area contributed by atoms with Crippen molar-refractivity contribution < 1.29 is 14.3 Å². The average molecular weight is 538 g/mol. The summed E-state index contributed by atoms with van der Waals surface area (Å²) in [5.74, 6) is -1.07. The highest BCUT2D eigenvalue weighted by atomic mass is 35.5. The molecule has 2 aromatic carbocycles. The zero-order valence-electron chi connectivity index (χ0n) is 20.7. The molecular weight excluding hydrogens is 510 g/mol. The van der Waals surface area contributed by atoms with Gasteiger partial charge in [-0.15, -0.1) is 0 Å². The van der Waals surface area contributed by atoms with E-state index in [4.69, 9.17) is 33.2 Å². The van der Waals surface area contributed by atoms with E-state index in [9.17, 15) is 14.4 Å². The van der Waals surface area contributed by atoms with Gasteiger partial charge in [-0.05, 0) is 43.0 Å². The summed E-state index contributed by atoms with van der Waals surface area (Å²) in [7, 11) is 1.24. The van der Waals surface area contributed by atoms with Crippen molar-refractivity contribution in [1.29, 1.82) is 5.41 Å². The second kappa shape index (κ2) is 11.3. The Kier molecular flexibility index (Phi) is 7.96. The third kappa shape index (κ3) is 5.94. The number of amides is 1. The first-order chi connectivity index (χ1) is 18.2. The molecule has 12 heteroatoms. The number of carbonyl (C=O) groups is 2. The van der Waals surface area contributed by atoms with E-state index in [1.54, 1.807) is 30.3 Å². The van der Waals surface area contributed by atoms with Gasteiger partial charge in [-0.3, -0.25) is 19.6 Å². The first kappa shape index (κ1) is 26.7. The lowest BCUT2D eigenvalue weighted by molar-refractivity contribution is -0.121. The van der Waals surface area contributed by atoms with Crippen LogP contribution in [0.2, 0.25) is 5.15 Å². The molecule has 1 saturated carbocycles. The van der Waals surface area contributed by atoms with Crippen molar-refractivity contribution in [3.63, 3.8) is 0 Å². The highest BCUT2D eigenvalue weighted by molar-refractivity contribution is 6.32. The number of carbonyl (C=O) groups excluding carboxylic acids is 2. The van der Waals surface area contributed by atoms with Gasteiger partial charge in [0.15, 0.2) is 11.0 Å². The molecule has 0 spiro atoms. The SMILES string of the molecule is COC(=O)c1cc(N)cc(-c2c(Cl)nc(NC3CCC3)c(=O)n2CC(=O)NCc2ccc(C(=N)N)cc2)c1. The van der Waals surface area contributed by atoms with Crippen LogP contribution in [0.15, 0.2) is 47.3 Å².